The number of piperidine rings is 1. The van der Waals surface area contributed by atoms with Crippen LogP contribution in [0.2, 0.25) is 0 Å². The number of anilines is 1. The Morgan fingerprint density at radius 1 is 1.04 bits per heavy atom. The van der Waals surface area contributed by atoms with Crippen molar-refractivity contribution in [1.29, 1.82) is 0 Å². The molecule has 6 heteroatoms. The lowest BCUT2D eigenvalue weighted by molar-refractivity contribution is 0.0250. The predicted molar refractivity (Wildman–Crippen MR) is 92.0 cm³/mol. The quantitative estimate of drug-likeness (QED) is 0.739. The fourth-order valence-corrected chi connectivity index (χ4v) is 3.10. The van der Waals surface area contributed by atoms with E-state index < -0.39 is 0 Å². The van der Waals surface area contributed by atoms with E-state index in [4.69, 9.17) is 4.74 Å². The zero-order chi connectivity index (χ0) is 16.4. The molecule has 0 aliphatic carbocycles. The van der Waals surface area contributed by atoms with Gasteiger partial charge in [-0.1, -0.05) is 30.3 Å². The van der Waals surface area contributed by atoms with Gasteiger partial charge in [-0.15, -0.1) is 15.3 Å². The number of hydrogen-bond acceptors (Lipinski definition) is 5. The molecule has 0 radical (unpaired) electrons. The second-order valence-corrected chi connectivity index (χ2v) is 6.19. The minimum absolute atomic E-state index is 0.321. The third kappa shape index (κ3) is 3.10. The van der Waals surface area contributed by atoms with E-state index in [0.717, 1.165) is 43.2 Å². The Balaban J connectivity index is 1.35. The van der Waals surface area contributed by atoms with Crippen molar-refractivity contribution in [2.24, 2.45) is 0 Å². The van der Waals surface area contributed by atoms with Crippen LogP contribution in [-0.2, 0) is 11.3 Å². The lowest BCUT2D eigenvalue weighted by Gasteiger charge is -2.32. The first kappa shape index (κ1) is 15.1. The molecule has 0 atom stereocenters. The number of nitrogens with zero attached hydrogens (tertiary/aromatic N) is 5. The highest BCUT2D eigenvalue weighted by Gasteiger charge is 2.21. The van der Waals surface area contributed by atoms with E-state index in [1.807, 2.05) is 25.1 Å². The van der Waals surface area contributed by atoms with Gasteiger partial charge in [0.2, 0.25) is 0 Å². The first-order valence-electron chi connectivity index (χ1n) is 8.39. The van der Waals surface area contributed by atoms with Crippen LogP contribution in [0.15, 0.2) is 42.5 Å². The summed E-state index contributed by atoms with van der Waals surface area (Å²) in [6.07, 6.45) is 2.36. The van der Waals surface area contributed by atoms with E-state index in [9.17, 15) is 0 Å². The third-order valence-electron chi connectivity index (χ3n) is 4.50. The van der Waals surface area contributed by atoms with Crippen LogP contribution in [0.3, 0.4) is 0 Å². The van der Waals surface area contributed by atoms with Gasteiger partial charge in [0, 0.05) is 13.1 Å². The molecule has 0 amide bonds. The first-order chi connectivity index (χ1) is 11.8. The van der Waals surface area contributed by atoms with Crippen molar-refractivity contribution >= 4 is 11.5 Å². The predicted octanol–water partition coefficient (Wildman–Crippen LogP) is 2.62. The highest BCUT2D eigenvalue weighted by molar-refractivity contribution is 5.45. The zero-order valence-corrected chi connectivity index (χ0v) is 13.8. The molecule has 3 aromatic rings. The van der Waals surface area contributed by atoms with Crippen molar-refractivity contribution in [2.45, 2.75) is 32.5 Å². The molecule has 0 saturated carbocycles. The molecule has 24 heavy (non-hydrogen) atoms. The van der Waals surface area contributed by atoms with E-state index >= 15 is 0 Å². The Kier molecular flexibility index (Phi) is 4.13. The molecule has 0 N–H and O–H groups in total. The van der Waals surface area contributed by atoms with Gasteiger partial charge in [-0.05, 0) is 37.5 Å². The summed E-state index contributed by atoms with van der Waals surface area (Å²) in [5.74, 6) is 1.79. The highest BCUT2D eigenvalue weighted by Crippen LogP contribution is 2.21. The normalized spacial score (nSPS) is 16.0. The molecule has 4 rings (SSSR count). The summed E-state index contributed by atoms with van der Waals surface area (Å²) in [6.45, 7) is 4.52. The monoisotopic (exact) mass is 323 g/mol. The Bertz CT molecular complexity index is 809. The Morgan fingerprint density at radius 2 is 1.83 bits per heavy atom. The van der Waals surface area contributed by atoms with Gasteiger partial charge in [-0.3, -0.25) is 0 Å². The fraction of sp³-hybridized carbons (Fsp3) is 0.389. The molecule has 1 aliphatic rings. The van der Waals surface area contributed by atoms with E-state index in [2.05, 4.69) is 44.5 Å². The molecule has 1 aliphatic heterocycles. The number of aryl methyl sites for hydroxylation is 1. The lowest BCUT2D eigenvalue weighted by Crippen LogP contribution is -2.37. The van der Waals surface area contributed by atoms with Crippen molar-refractivity contribution in [3.8, 4) is 0 Å². The average Bonchev–Trinajstić information content (AvgIpc) is 3.02. The minimum atomic E-state index is 0.321. The highest BCUT2D eigenvalue weighted by atomic mass is 16.5. The molecule has 124 valence electrons. The van der Waals surface area contributed by atoms with Crippen LogP contribution in [0.25, 0.3) is 5.65 Å². The van der Waals surface area contributed by atoms with Gasteiger partial charge in [-0.25, -0.2) is 0 Å². The number of benzene rings is 1. The van der Waals surface area contributed by atoms with E-state index in [0.29, 0.717) is 12.7 Å². The molecule has 1 fully saturated rings. The number of ether oxygens (including phenoxy) is 1. The molecule has 0 bridgehead atoms. The largest absolute Gasteiger partial charge is 0.373 e. The van der Waals surface area contributed by atoms with E-state index in [-0.39, 0.29) is 0 Å². The second kappa shape index (κ2) is 6.57. The summed E-state index contributed by atoms with van der Waals surface area (Å²) in [6, 6.07) is 14.3. The van der Waals surface area contributed by atoms with Gasteiger partial charge < -0.3 is 9.64 Å². The molecule has 1 aromatic carbocycles. The Hall–Kier alpha value is -2.47. The van der Waals surface area contributed by atoms with Crippen LogP contribution in [-0.4, -0.2) is 39.0 Å². The number of aromatic nitrogens is 4. The summed E-state index contributed by atoms with van der Waals surface area (Å²) in [7, 11) is 0. The molecule has 1 saturated heterocycles. The smallest absolute Gasteiger partial charge is 0.178 e. The minimum Gasteiger partial charge on any atom is -0.373 e. The molecule has 0 unspecified atom stereocenters. The van der Waals surface area contributed by atoms with Crippen molar-refractivity contribution in [2.75, 3.05) is 18.0 Å². The van der Waals surface area contributed by atoms with Gasteiger partial charge in [0.25, 0.3) is 0 Å². The second-order valence-electron chi connectivity index (χ2n) is 6.19. The van der Waals surface area contributed by atoms with Gasteiger partial charge in [0.15, 0.2) is 11.5 Å². The Morgan fingerprint density at radius 3 is 2.62 bits per heavy atom. The van der Waals surface area contributed by atoms with Gasteiger partial charge in [0.1, 0.15) is 5.82 Å². The maximum atomic E-state index is 6.06. The third-order valence-corrected chi connectivity index (χ3v) is 4.50. The maximum absolute atomic E-state index is 6.06. The van der Waals surface area contributed by atoms with E-state index in [1.165, 1.54) is 5.56 Å². The van der Waals surface area contributed by atoms with Gasteiger partial charge >= 0.3 is 0 Å². The summed E-state index contributed by atoms with van der Waals surface area (Å²) in [5.41, 5.74) is 2.02. The molecule has 6 nitrogen and oxygen atoms in total. The molecular weight excluding hydrogens is 302 g/mol. The number of fused-ring (bicyclic) bond motifs is 1. The summed E-state index contributed by atoms with van der Waals surface area (Å²) in [4.78, 5) is 2.31. The fourth-order valence-electron chi connectivity index (χ4n) is 3.10. The summed E-state index contributed by atoms with van der Waals surface area (Å²) < 4.78 is 7.86. The molecule has 3 heterocycles. The van der Waals surface area contributed by atoms with Crippen molar-refractivity contribution < 1.29 is 4.74 Å². The van der Waals surface area contributed by atoms with Crippen LogP contribution >= 0.6 is 0 Å². The van der Waals surface area contributed by atoms with Crippen molar-refractivity contribution in [3.63, 3.8) is 0 Å². The maximum Gasteiger partial charge on any atom is 0.178 e. The van der Waals surface area contributed by atoms with Gasteiger partial charge in [0.05, 0.1) is 12.7 Å². The van der Waals surface area contributed by atoms with Crippen molar-refractivity contribution in [3.05, 3.63) is 53.9 Å². The van der Waals surface area contributed by atoms with Crippen LogP contribution in [0.4, 0.5) is 5.82 Å². The lowest BCUT2D eigenvalue weighted by atomic mass is 10.1. The van der Waals surface area contributed by atoms with Gasteiger partial charge in [-0.2, -0.15) is 4.52 Å². The molecule has 0 spiro atoms. The number of hydrogen-bond donors (Lipinski definition) is 0. The standard InChI is InChI=1S/C18H21N5O/c1-14-19-20-17-7-8-18(21-23(14)17)22-11-9-16(10-12-22)24-13-15-5-3-2-4-6-15/h2-8,16H,9-13H2,1H3. The topological polar surface area (TPSA) is 55.5 Å². The first-order valence-corrected chi connectivity index (χ1v) is 8.39. The van der Waals surface area contributed by atoms with Crippen LogP contribution < -0.4 is 4.90 Å². The van der Waals surface area contributed by atoms with Crippen molar-refractivity contribution in [1.82, 2.24) is 19.8 Å². The SMILES string of the molecule is Cc1nnc2ccc(N3CCC(OCc4ccccc4)CC3)nn12. The summed E-state index contributed by atoms with van der Waals surface area (Å²) >= 11 is 0. The van der Waals surface area contributed by atoms with Crippen LogP contribution in [0.5, 0.6) is 0 Å². The molecular formula is C18H21N5O. The Labute approximate surface area is 141 Å². The average molecular weight is 323 g/mol. The van der Waals surface area contributed by atoms with E-state index in [1.54, 1.807) is 4.52 Å². The number of rotatable bonds is 4. The zero-order valence-electron chi connectivity index (χ0n) is 13.8. The molecule has 2 aromatic heterocycles. The van der Waals surface area contributed by atoms with Crippen LogP contribution in [0, 0.1) is 6.92 Å². The van der Waals surface area contributed by atoms with Crippen LogP contribution in [0.1, 0.15) is 24.2 Å². The summed E-state index contributed by atoms with van der Waals surface area (Å²) in [5, 5.41) is 12.8.